The molecule has 0 spiro atoms. The van der Waals surface area contributed by atoms with Crippen molar-refractivity contribution in [3.63, 3.8) is 0 Å². The Bertz CT molecular complexity index is 608. The van der Waals surface area contributed by atoms with Crippen molar-refractivity contribution in [2.24, 2.45) is 11.3 Å². The summed E-state index contributed by atoms with van der Waals surface area (Å²) in [5.74, 6) is 0.277. The number of benzene rings is 1. The highest BCUT2D eigenvalue weighted by Crippen LogP contribution is 2.43. The van der Waals surface area contributed by atoms with Gasteiger partial charge in [0.15, 0.2) is 9.84 Å². The lowest BCUT2D eigenvalue weighted by Gasteiger charge is -2.47. The Morgan fingerprint density at radius 1 is 1.40 bits per heavy atom. The molecule has 3 rings (SSSR count). The van der Waals surface area contributed by atoms with Gasteiger partial charge in [-0.05, 0) is 30.9 Å². The van der Waals surface area contributed by atoms with E-state index in [2.05, 4.69) is 5.32 Å². The molecule has 1 aromatic rings. The molecule has 1 unspecified atom stereocenters. The maximum Gasteiger partial charge on any atom is 0.150 e. The Balaban J connectivity index is 1.87. The van der Waals surface area contributed by atoms with Crippen molar-refractivity contribution in [1.29, 1.82) is 0 Å². The predicted molar refractivity (Wildman–Crippen MR) is 77.2 cm³/mol. The second kappa shape index (κ2) is 4.97. The van der Waals surface area contributed by atoms with Crippen molar-refractivity contribution in [1.82, 2.24) is 5.32 Å². The van der Waals surface area contributed by atoms with E-state index in [4.69, 9.17) is 11.6 Å². The summed E-state index contributed by atoms with van der Waals surface area (Å²) in [5, 5.41) is 3.63. The molecule has 110 valence electrons. The summed E-state index contributed by atoms with van der Waals surface area (Å²) in [4.78, 5) is 0. The highest BCUT2D eigenvalue weighted by Gasteiger charge is 2.48. The molecule has 0 amide bonds. The molecule has 2 fully saturated rings. The Labute approximate surface area is 123 Å². The van der Waals surface area contributed by atoms with Crippen molar-refractivity contribution >= 4 is 21.4 Å². The molecule has 2 aliphatic heterocycles. The lowest BCUT2D eigenvalue weighted by atomic mass is 9.66. The minimum absolute atomic E-state index is 0.101. The molecule has 0 saturated carbocycles. The quantitative estimate of drug-likeness (QED) is 0.928. The Morgan fingerprint density at radius 3 is 2.65 bits per heavy atom. The van der Waals surface area contributed by atoms with Gasteiger partial charge in [-0.2, -0.15) is 0 Å². The summed E-state index contributed by atoms with van der Waals surface area (Å²) in [7, 11) is -2.92. The Hall–Kier alpha value is -0.650. The van der Waals surface area contributed by atoms with E-state index in [1.165, 1.54) is 6.07 Å². The van der Waals surface area contributed by atoms with Gasteiger partial charge < -0.3 is 5.32 Å². The van der Waals surface area contributed by atoms with Gasteiger partial charge in [-0.25, -0.2) is 12.8 Å². The SMILES string of the molecule is O=S1(=O)CCC(C2(Cc3c(F)cccc3Cl)CNC2)C1. The van der Waals surface area contributed by atoms with Crippen LogP contribution < -0.4 is 5.32 Å². The van der Waals surface area contributed by atoms with Crippen LogP contribution in [0.3, 0.4) is 0 Å². The van der Waals surface area contributed by atoms with Gasteiger partial charge >= 0.3 is 0 Å². The molecule has 1 aromatic carbocycles. The molecular formula is C14H17ClFNO2S. The molecule has 0 aromatic heterocycles. The van der Waals surface area contributed by atoms with E-state index < -0.39 is 9.84 Å². The molecular weight excluding hydrogens is 301 g/mol. The van der Waals surface area contributed by atoms with Crippen molar-refractivity contribution < 1.29 is 12.8 Å². The van der Waals surface area contributed by atoms with E-state index in [0.717, 1.165) is 13.1 Å². The fourth-order valence-corrected chi connectivity index (χ4v) is 5.51. The summed E-state index contributed by atoms with van der Waals surface area (Å²) < 4.78 is 37.3. The first-order valence-corrected chi connectivity index (χ1v) is 8.96. The second-order valence-corrected chi connectivity index (χ2v) is 8.58. The topological polar surface area (TPSA) is 46.2 Å². The smallest absolute Gasteiger partial charge is 0.150 e. The molecule has 0 aliphatic carbocycles. The van der Waals surface area contributed by atoms with Gasteiger partial charge in [0.05, 0.1) is 11.5 Å². The Kier molecular flexibility index (Phi) is 3.55. The zero-order valence-corrected chi connectivity index (χ0v) is 12.6. The zero-order valence-electron chi connectivity index (χ0n) is 11.0. The van der Waals surface area contributed by atoms with Crippen LogP contribution in [0.15, 0.2) is 18.2 Å². The summed E-state index contributed by atoms with van der Waals surface area (Å²) in [6.45, 7) is 1.47. The lowest BCUT2D eigenvalue weighted by Crippen LogP contribution is -2.59. The van der Waals surface area contributed by atoms with Crippen LogP contribution in [-0.2, 0) is 16.3 Å². The van der Waals surface area contributed by atoms with E-state index in [-0.39, 0.29) is 28.7 Å². The van der Waals surface area contributed by atoms with Crippen molar-refractivity contribution in [3.05, 3.63) is 34.6 Å². The van der Waals surface area contributed by atoms with E-state index in [9.17, 15) is 12.8 Å². The monoisotopic (exact) mass is 317 g/mol. The molecule has 3 nitrogen and oxygen atoms in total. The largest absolute Gasteiger partial charge is 0.315 e. The third-order valence-corrected chi connectivity index (χ3v) is 6.77. The van der Waals surface area contributed by atoms with Crippen molar-refractivity contribution in [3.8, 4) is 0 Å². The van der Waals surface area contributed by atoms with Crippen LogP contribution in [0.5, 0.6) is 0 Å². The first-order valence-electron chi connectivity index (χ1n) is 6.76. The van der Waals surface area contributed by atoms with Gasteiger partial charge in [0, 0.05) is 29.1 Å². The van der Waals surface area contributed by atoms with Crippen LogP contribution >= 0.6 is 11.6 Å². The van der Waals surface area contributed by atoms with Gasteiger partial charge in [0.25, 0.3) is 0 Å². The lowest BCUT2D eigenvalue weighted by molar-refractivity contribution is 0.0913. The second-order valence-electron chi connectivity index (χ2n) is 5.94. The average Bonchev–Trinajstić information content (AvgIpc) is 2.67. The molecule has 0 radical (unpaired) electrons. The number of hydrogen-bond acceptors (Lipinski definition) is 3. The van der Waals surface area contributed by atoms with Gasteiger partial charge in [0.2, 0.25) is 0 Å². The normalized spacial score (nSPS) is 27.2. The minimum Gasteiger partial charge on any atom is -0.315 e. The Morgan fingerprint density at radius 2 is 2.15 bits per heavy atom. The summed E-state index contributed by atoms with van der Waals surface area (Å²) >= 11 is 6.10. The number of hydrogen-bond donors (Lipinski definition) is 1. The molecule has 1 atom stereocenters. The van der Waals surface area contributed by atoms with Crippen LogP contribution in [0.4, 0.5) is 4.39 Å². The number of sulfone groups is 1. The highest BCUT2D eigenvalue weighted by atomic mass is 35.5. The highest BCUT2D eigenvalue weighted by molar-refractivity contribution is 7.91. The molecule has 20 heavy (non-hydrogen) atoms. The number of nitrogens with one attached hydrogen (secondary N) is 1. The molecule has 2 heterocycles. The molecule has 6 heteroatoms. The molecule has 0 bridgehead atoms. The van der Waals surface area contributed by atoms with E-state index in [0.29, 0.717) is 23.4 Å². The average molecular weight is 318 g/mol. The first kappa shape index (κ1) is 14.3. The van der Waals surface area contributed by atoms with E-state index in [1.54, 1.807) is 12.1 Å². The fourth-order valence-electron chi connectivity index (χ4n) is 3.34. The van der Waals surface area contributed by atoms with E-state index in [1.807, 2.05) is 0 Å². The van der Waals surface area contributed by atoms with Crippen molar-refractivity contribution in [2.75, 3.05) is 24.6 Å². The molecule has 2 saturated heterocycles. The maximum absolute atomic E-state index is 14.0. The van der Waals surface area contributed by atoms with Gasteiger partial charge in [-0.3, -0.25) is 0 Å². The van der Waals surface area contributed by atoms with Crippen LogP contribution in [0.25, 0.3) is 0 Å². The fraction of sp³-hybridized carbons (Fsp3) is 0.571. The first-order chi connectivity index (χ1) is 9.42. The van der Waals surface area contributed by atoms with E-state index >= 15 is 0 Å². The minimum atomic E-state index is -2.92. The maximum atomic E-state index is 14.0. The third kappa shape index (κ3) is 2.47. The number of halogens is 2. The molecule has 1 N–H and O–H groups in total. The molecule has 2 aliphatic rings. The zero-order chi connectivity index (χ0) is 14.4. The van der Waals surface area contributed by atoms with Crippen LogP contribution in [0, 0.1) is 17.2 Å². The summed E-state index contributed by atoms with van der Waals surface area (Å²) in [6, 6.07) is 4.68. The van der Waals surface area contributed by atoms with Gasteiger partial charge in [0.1, 0.15) is 5.82 Å². The predicted octanol–water partition coefficient (Wildman–Crippen LogP) is 2.05. The van der Waals surface area contributed by atoms with Crippen molar-refractivity contribution in [2.45, 2.75) is 12.8 Å². The standard InChI is InChI=1S/C14H17ClFNO2S/c15-12-2-1-3-13(16)11(12)6-14(8-17-9-14)10-4-5-20(18,19)7-10/h1-3,10,17H,4-9H2. The van der Waals surface area contributed by atoms with Gasteiger partial charge in [-0.15, -0.1) is 0 Å². The van der Waals surface area contributed by atoms with Crippen LogP contribution in [0.1, 0.15) is 12.0 Å². The third-order valence-electron chi connectivity index (χ3n) is 4.64. The number of rotatable bonds is 3. The van der Waals surface area contributed by atoms with Crippen LogP contribution in [0.2, 0.25) is 5.02 Å². The summed E-state index contributed by atoms with van der Waals surface area (Å²) in [6.07, 6.45) is 1.18. The summed E-state index contributed by atoms with van der Waals surface area (Å²) in [5.41, 5.74) is 0.343. The van der Waals surface area contributed by atoms with Crippen LogP contribution in [-0.4, -0.2) is 33.0 Å². The van der Waals surface area contributed by atoms with Gasteiger partial charge in [-0.1, -0.05) is 17.7 Å².